The van der Waals surface area contributed by atoms with Gasteiger partial charge in [-0.25, -0.2) is 0 Å². The van der Waals surface area contributed by atoms with E-state index in [2.05, 4.69) is 13.8 Å². The Hall–Kier alpha value is -1.51. The number of benzene rings is 1. The molecule has 0 fully saturated rings. The number of nitrogens with two attached hydrogens (primary N) is 1. The number of ether oxygens (including phenoxy) is 1. The maximum absolute atomic E-state index is 11.2. The molecule has 0 aliphatic heterocycles. The van der Waals surface area contributed by atoms with E-state index in [0.29, 0.717) is 23.8 Å². The highest BCUT2D eigenvalue weighted by Gasteiger charge is 2.11. The van der Waals surface area contributed by atoms with Gasteiger partial charge in [-0.05, 0) is 24.5 Å². The zero-order chi connectivity index (χ0) is 11.4. The molecule has 1 aromatic rings. The van der Waals surface area contributed by atoms with Gasteiger partial charge in [0.25, 0.3) is 5.91 Å². The highest BCUT2D eigenvalue weighted by Crippen LogP contribution is 2.23. The van der Waals surface area contributed by atoms with Gasteiger partial charge in [-0.1, -0.05) is 26.0 Å². The molecule has 1 amide bonds. The Kier molecular flexibility index (Phi) is 3.72. The van der Waals surface area contributed by atoms with Crippen molar-refractivity contribution in [2.45, 2.75) is 20.8 Å². The summed E-state index contributed by atoms with van der Waals surface area (Å²) in [7, 11) is 0. The largest absolute Gasteiger partial charge is 0.492 e. The van der Waals surface area contributed by atoms with Gasteiger partial charge in [0.1, 0.15) is 5.75 Å². The third kappa shape index (κ3) is 2.98. The lowest BCUT2D eigenvalue weighted by molar-refractivity contribution is 0.0995. The van der Waals surface area contributed by atoms with E-state index in [9.17, 15) is 4.79 Å². The van der Waals surface area contributed by atoms with Crippen LogP contribution in [0.25, 0.3) is 0 Å². The lowest BCUT2D eigenvalue weighted by Crippen LogP contribution is -2.15. The van der Waals surface area contributed by atoms with Crippen molar-refractivity contribution in [3.8, 4) is 5.75 Å². The van der Waals surface area contributed by atoms with Crippen LogP contribution in [0.2, 0.25) is 0 Å². The summed E-state index contributed by atoms with van der Waals surface area (Å²) in [5.41, 5.74) is 6.66. The second kappa shape index (κ2) is 4.82. The molecule has 0 aliphatic carbocycles. The van der Waals surface area contributed by atoms with Gasteiger partial charge in [0.2, 0.25) is 0 Å². The number of para-hydroxylation sites is 1. The first kappa shape index (κ1) is 11.6. The van der Waals surface area contributed by atoms with Crippen LogP contribution in [0.15, 0.2) is 18.2 Å². The molecule has 82 valence electrons. The fourth-order valence-corrected chi connectivity index (χ4v) is 1.29. The fourth-order valence-electron chi connectivity index (χ4n) is 1.29. The maximum Gasteiger partial charge on any atom is 0.252 e. The summed E-state index contributed by atoms with van der Waals surface area (Å²) in [5.74, 6) is 0.585. The van der Waals surface area contributed by atoms with E-state index in [1.165, 1.54) is 0 Å². The van der Waals surface area contributed by atoms with E-state index in [1.54, 1.807) is 12.1 Å². The smallest absolute Gasteiger partial charge is 0.252 e. The first-order valence-electron chi connectivity index (χ1n) is 5.04. The second-order valence-corrected chi connectivity index (χ2v) is 4.02. The fraction of sp³-hybridized carbons (Fsp3) is 0.417. The van der Waals surface area contributed by atoms with Gasteiger partial charge in [0.15, 0.2) is 0 Å². The molecule has 0 saturated carbocycles. The summed E-state index contributed by atoms with van der Waals surface area (Å²) in [6, 6.07) is 5.39. The molecule has 3 nitrogen and oxygen atoms in total. The molecule has 0 unspecified atom stereocenters. The minimum atomic E-state index is -0.447. The van der Waals surface area contributed by atoms with E-state index in [-0.39, 0.29) is 0 Å². The van der Waals surface area contributed by atoms with Gasteiger partial charge in [0, 0.05) is 0 Å². The third-order valence-corrected chi connectivity index (χ3v) is 2.04. The van der Waals surface area contributed by atoms with Crippen LogP contribution < -0.4 is 10.5 Å². The normalized spacial score (nSPS) is 10.4. The Balaban J connectivity index is 2.97. The molecule has 0 saturated heterocycles. The summed E-state index contributed by atoms with van der Waals surface area (Å²) in [6.45, 7) is 6.61. The molecule has 0 aliphatic rings. The van der Waals surface area contributed by atoms with Crippen molar-refractivity contribution >= 4 is 5.91 Å². The van der Waals surface area contributed by atoms with Crippen molar-refractivity contribution in [3.63, 3.8) is 0 Å². The van der Waals surface area contributed by atoms with Gasteiger partial charge in [-0.15, -0.1) is 0 Å². The third-order valence-electron chi connectivity index (χ3n) is 2.04. The highest BCUT2D eigenvalue weighted by molar-refractivity contribution is 5.96. The van der Waals surface area contributed by atoms with Crippen molar-refractivity contribution in [1.29, 1.82) is 0 Å². The van der Waals surface area contributed by atoms with Gasteiger partial charge in [0.05, 0.1) is 12.2 Å². The molecular weight excluding hydrogens is 190 g/mol. The SMILES string of the molecule is Cc1cccc(C(N)=O)c1OCC(C)C. The van der Waals surface area contributed by atoms with Crippen molar-refractivity contribution in [2.24, 2.45) is 11.7 Å². The molecule has 0 bridgehead atoms. The molecule has 0 radical (unpaired) electrons. The van der Waals surface area contributed by atoms with Gasteiger partial charge in [-0.2, -0.15) is 0 Å². The van der Waals surface area contributed by atoms with Gasteiger partial charge >= 0.3 is 0 Å². The van der Waals surface area contributed by atoms with Gasteiger partial charge in [-0.3, -0.25) is 4.79 Å². The number of rotatable bonds is 4. The minimum absolute atomic E-state index is 0.422. The number of primary amides is 1. The van der Waals surface area contributed by atoms with Crippen LogP contribution >= 0.6 is 0 Å². The first-order chi connectivity index (χ1) is 7.02. The number of amides is 1. The molecule has 1 aromatic carbocycles. The number of carbonyl (C=O) groups is 1. The first-order valence-corrected chi connectivity index (χ1v) is 5.04. The molecule has 0 atom stereocenters. The van der Waals surface area contributed by atoms with Crippen LogP contribution in [0.1, 0.15) is 29.8 Å². The summed E-state index contributed by atoms with van der Waals surface area (Å²) in [4.78, 5) is 11.2. The number of carbonyl (C=O) groups excluding carboxylic acids is 1. The standard InChI is InChI=1S/C12H17NO2/c1-8(2)7-15-11-9(3)5-4-6-10(11)12(13)14/h4-6,8H,7H2,1-3H3,(H2,13,14). The van der Waals surface area contributed by atoms with Crippen molar-refractivity contribution in [1.82, 2.24) is 0 Å². The van der Waals surface area contributed by atoms with E-state index >= 15 is 0 Å². The zero-order valence-corrected chi connectivity index (χ0v) is 9.41. The van der Waals surface area contributed by atoms with Crippen LogP contribution in [-0.4, -0.2) is 12.5 Å². The molecule has 0 heterocycles. The van der Waals surface area contributed by atoms with E-state index in [0.717, 1.165) is 5.56 Å². The molecule has 15 heavy (non-hydrogen) atoms. The molecule has 3 heteroatoms. The summed E-state index contributed by atoms with van der Waals surface area (Å²) < 4.78 is 5.59. The minimum Gasteiger partial charge on any atom is -0.492 e. The van der Waals surface area contributed by atoms with Crippen LogP contribution in [0.3, 0.4) is 0 Å². The van der Waals surface area contributed by atoms with E-state index < -0.39 is 5.91 Å². The number of hydrogen-bond acceptors (Lipinski definition) is 2. The van der Waals surface area contributed by atoms with Gasteiger partial charge < -0.3 is 10.5 Å². The number of hydrogen-bond donors (Lipinski definition) is 1. The second-order valence-electron chi connectivity index (χ2n) is 4.02. The van der Waals surface area contributed by atoms with Crippen molar-refractivity contribution < 1.29 is 9.53 Å². The van der Waals surface area contributed by atoms with Crippen LogP contribution in [0.5, 0.6) is 5.75 Å². The Labute approximate surface area is 90.2 Å². The number of aryl methyl sites for hydroxylation is 1. The summed E-state index contributed by atoms with van der Waals surface area (Å²) in [5, 5.41) is 0. The Morgan fingerprint density at radius 2 is 2.13 bits per heavy atom. The summed E-state index contributed by atoms with van der Waals surface area (Å²) in [6.07, 6.45) is 0. The monoisotopic (exact) mass is 207 g/mol. The molecule has 0 spiro atoms. The maximum atomic E-state index is 11.2. The average Bonchev–Trinajstić information content (AvgIpc) is 2.15. The quantitative estimate of drug-likeness (QED) is 0.822. The Bertz CT molecular complexity index is 359. The Morgan fingerprint density at radius 1 is 1.47 bits per heavy atom. The zero-order valence-electron chi connectivity index (χ0n) is 9.41. The predicted octanol–water partition coefficient (Wildman–Crippen LogP) is 2.13. The van der Waals surface area contributed by atoms with E-state index in [1.807, 2.05) is 13.0 Å². The van der Waals surface area contributed by atoms with Crippen LogP contribution in [0.4, 0.5) is 0 Å². The lowest BCUT2D eigenvalue weighted by Gasteiger charge is -2.13. The summed E-state index contributed by atoms with van der Waals surface area (Å²) >= 11 is 0. The molecule has 0 aromatic heterocycles. The predicted molar refractivity (Wildman–Crippen MR) is 60.0 cm³/mol. The van der Waals surface area contributed by atoms with Crippen molar-refractivity contribution in [3.05, 3.63) is 29.3 Å². The van der Waals surface area contributed by atoms with E-state index in [4.69, 9.17) is 10.5 Å². The van der Waals surface area contributed by atoms with Crippen LogP contribution in [-0.2, 0) is 0 Å². The van der Waals surface area contributed by atoms with Crippen LogP contribution in [0, 0.1) is 12.8 Å². The lowest BCUT2D eigenvalue weighted by atomic mass is 10.1. The molecular formula is C12H17NO2. The highest BCUT2D eigenvalue weighted by atomic mass is 16.5. The molecule has 1 rings (SSSR count). The Morgan fingerprint density at radius 3 is 2.67 bits per heavy atom. The average molecular weight is 207 g/mol. The topological polar surface area (TPSA) is 52.3 Å². The van der Waals surface area contributed by atoms with Crippen molar-refractivity contribution in [2.75, 3.05) is 6.61 Å². The molecule has 2 N–H and O–H groups in total.